The fourth-order valence-electron chi connectivity index (χ4n) is 10.9. The Morgan fingerprint density at radius 2 is 1.66 bits per heavy atom. The van der Waals surface area contributed by atoms with E-state index in [-0.39, 0.29) is 5.41 Å². The quantitative estimate of drug-likeness (QED) is 0.328. The number of allylic oxidation sites excluding steroid dienone is 2. The highest BCUT2D eigenvalue weighted by atomic mass is 16.1. The van der Waals surface area contributed by atoms with Gasteiger partial charge in [0.2, 0.25) is 0 Å². The molecule has 2 heteroatoms. The van der Waals surface area contributed by atoms with Crippen molar-refractivity contribution in [1.82, 2.24) is 0 Å². The van der Waals surface area contributed by atoms with Crippen LogP contribution in [0.25, 0.3) is 0 Å². The Morgan fingerprint density at radius 1 is 0.969 bits per heavy atom. The minimum atomic E-state index is -0.103. The van der Waals surface area contributed by atoms with E-state index in [2.05, 4.69) is 40.7 Å². The van der Waals surface area contributed by atoms with E-state index in [9.17, 15) is 9.59 Å². The molecule has 32 heavy (non-hydrogen) atoms. The molecule has 0 saturated heterocycles. The summed E-state index contributed by atoms with van der Waals surface area (Å²) >= 11 is 0. The van der Waals surface area contributed by atoms with Crippen molar-refractivity contribution >= 4 is 12.1 Å². The summed E-state index contributed by atoms with van der Waals surface area (Å²) in [6, 6.07) is 0. The first-order chi connectivity index (χ1) is 15.0. The Kier molecular flexibility index (Phi) is 5.03. The molecule has 0 aromatic rings. The SMILES string of the molecule is C/C(C=O)=C\CC[C@@H](C)[C@H]1CC[C@@]2(C)[C@@H]3CCC4C(C)(C)C(=O)CC[C@@]45C[C@@]35CC[C@]12C. The highest BCUT2D eigenvalue weighted by Crippen LogP contribution is 2.88. The number of carbonyl (C=O) groups excluding carboxylic acids is 2. The lowest BCUT2D eigenvalue weighted by molar-refractivity contribution is -0.157. The van der Waals surface area contributed by atoms with Gasteiger partial charge in [-0.25, -0.2) is 0 Å². The van der Waals surface area contributed by atoms with Crippen molar-refractivity contribution < 1.29 is 9.59 Å². The van der Waals surface area contributed by atoms with Crippen molar-refractivity contribution in [1.29, 1.82) is 0 Å². The van der Waals surface area contributed by atoms with Gasteiger partial charge < -0.3 is 0 Å². The molecule has 0 amide bonds. The number of carbonyl (C=O) groups is 2. The lowest BCUT2D eigenvalue weighted by Crippen LogP contribution is -2.57. The number of aldehydes is 1. The molecule has 0 aliphatic heterocycles. The molecule has 0 N–H and O–H groups in total. The van der Waals surface area contributed by atoms with E-state index in [0.717, 1.165) is 42.5 Å². The van der Waals surface area contributed by atoms with E-state index >= 15 is 0 Å². The number of Topliss-reactive ketones (excluding diaryl/α,β-unsaturated/α-hetero) is 1. The smallest absolute Gasteiger partial charge is 0.145 e. The number of hydrogen-bond acceptors (Lipinski definition) is 2. The predicted octanol–water partition coefficient (Wildman–Crippen LogP) is 7.56. The highest BCUT2D eigenvalue weighted by molar-refractivity contribution is 5.86. The summed E-state index contributed by atoms with van der Waals surface area (Å²) < 4.78 is 0. The van der Waals surface area contributed by atoms with Crippen molar-refractivity contribution in [3.63, 3.8) is 0 Å². The molecule has 8 atom stereocenters. The van der Waals surface area contributed by atoms with Crippen LogP contribution >= 0.6 is 0 Å². The van der Waals surface area contributed by atoms with Gasteiger partial charge in [-0.15, -0.1) is 0 Å². The largest absolute Gasteiger partial charge is 0.299 e. The summed E-state index contributed by atoms with van der Waals surface area (Å²) in [5.74, 6) is 3.57. The van der Waals surface area contributed by atoms with Gasteiger partial charge in [0.1, 0.15) is 12.1 Å². The van der Waals surface area contributed by atoms with Crippen molar-refractivity contribution in [3.05, 3.63) is 11.6 Å². The van der Waals surface area contributed by atoms with E-state index < -0.39 is 0 Å². The van der Waals surface area contributed by atoms with Crippen LogP contribution in [0.1, 0.15) is 112 Å². The lowest BCUT2D eigenvalue weighted by atomic mass is 9.42. The average Bonchev–Trinajstić information content (AvgIpc) is 3.33. The summed E-state index contributed by atoms with van der Waals surface area (Å²) in [5.41, 5.74) is 2.71. The number of fused-ring (bicyclic) bond motifs is 2. The molecule has 5 rings (SSSR count). The summed E-state index contributed by atoms with van der Waals surface area (Å²) in [6.07, 6.45) is 17.0. The normalized spacial score (nSPS) is 50.0. The second kappa shape index (κ2) is 7.05. The van der Waals surface area contributed by atoms with E-state index in [4.69, 9.17) is 0 Å². The molecule has 5 aliphatic rings. The summed E-state index contributed by atoms with van der Waals surface area (Å²) in [5, 5.41) is 0. The monoisotopic (exact) mass is 438 g/mol. The van der Waals surface area contributed by atoms with Crippen LogP contribution in [0.3, 0.4) is 0 Å². The molecule has 0 aromatic carbocycles. The maximum atomic E-state index is 12.8. The van der Waals surface area contributed by atoms with Gasteiger partial charge in [-0.3, -0.25) is 9.59 Å². The van der Waals surface area contributed by atoms with Crippen molar-refractivity contribution in [2.45, 2.75) is 112 Å². The van der Waals surface area contributed by atoms with Gasteiger partial charge in [-0.1, -0.05) is 40.7 Å². The molecule has 5 aliphatic carbocycles. The van der Waals surface area contributed by atoms with Gasteiger partial charge in [-0.2, -0.15) is 0 Å². The van der Waals surface area contributed by atoms with Crippen LogP contribution in [-0.2, 0) is 9.59 Å². The molecule has 0 aromatic heterocycles. The minimum absolute atomic E-state index is 0.103. The zero-order valence-electron chi connectivity index (χ0n) is 21.6. The fraction of sp³-hybridized carbons (Fsp3) is 0.867. The Bertz CT molecular complexity index is 853. The molecule has 2 spiro atoms. The zero-order chi connectivity index (χ0) is 23.2. The molecule has 0 radical (unpaired) electrons. The average molecular weight is 439 g/mol. The van der Waals surface area contributed by atoms with Crippen molar-refractivity contribution in [2.24, 2.45) is 50.7 Å². The molecule has 1 unspecified atom stereocenters. The summed E-state index contributed by atoms with van der Waals surface area (Å²) in [7, 11) is 0. The van der Waals surface area contributed by atoms with Gasteiger partial charge >= 0.3 is 0 Å². The van der Waals surface area contributed by atoms with E-state index in [0.29, 0.717) is 33.4 Å². The number of rotatable bonds is 5. The Morgan fingerprint density at radius 3 is 2.38 bits per heavy atom. The third kappa shape index (κ3) is 2.65. The first-order valence-corrected chi connectivity index (χ1v) is 13.6. The number of hydrogen-bond donors (Lipinski definition) is 0. The van der Waals surface area contributed by atoms with E-state index in [1.165, 1.54) is 57.8 Å². The van der Waals surface area contributed by atoms with E-state index in [1.807, 2.05) is 6.92 Å². The predicted molar refractivity (Wildman–Crippen MR) is 130 cm³/mol. The highest BCUT2D eigenvalue weighted by Gasteiger charge is 2.82. The Balaban J connectivity index is 1.39. The summed E-state index contributed by atoms with van der Waals surface area (Å²) in [4.78, 5) is 23.8. The summed E-state index contributed by atoms with van der Waals surface area (Å²) in [6.45, 7) is 14.3. The third-order valence-electron chi connectivity index (χ3n) is 12.9. The minimum Gasteiger partial charge on any atom is -0.299 e. The van der Waals surface area contributed by atoms with Gasteiger partial charge in [0.25, 0.3) is 0 Å². The van der Waals surface area contributed by atoms with Gasteiger partial charge in [-0.05, 0) is 122 Å². The molecule has 2 nitrogen and oxygen atoms in total. The van der Waals surface area contributed by atoms with Crippen LogP contribution in [0.4, 0.5) is 0 Å². The lowest BCUT2D eigenvalue weighted by Gasteiger charge is -2.62. The third-order valence-corrected chi connectivity index (χ3v) is 12.9. The maximum absolute atomic E-state index is 12.8. The molecule has 178 valence electrons. The zero-order valence-corrected chi connectivity index (χ0v) is 21.6. The standard InChI is InChI=1S/C30H46O2/c1-20(18-31)8-7-9-21(2)22-12-14-28(6)24-11-10-23-26(3,4)25(32)13-15-29(23)19-30(24,29)17-16-27(22,28)5/h8,18,21-24H,7,9-17,19H2,1-6H3/b20-8+/t21-,22-,23?,24+,27-,28+,29-,30+/m1/s1. The van der Waals surface area contributed by atoms with Gasteiger partial charge in [0.15, 0.2) is 0 Å². The molecule has 0 heterocycles. The van der Waals surface area contributed by atoms with Gasteiger partial charge in [0.05, 0.1) is 0 Å². The molecular formula is C30H46O2. The Labute approximate surface area is 196 Å². The fourth-order valence-corrected chi connectivity index (χ4v) is 10.9. The van der Waals surface area contributed by atoms with Crippen LogP contribution in [0.5, 0.6) is 0 Å². The van der Waals surface area contributed by atoms with Crippen LogP contribution in [0.15, 0.2) is 11.6 Å². The molecule has 5 saturated carbocycles. The molecule has 5 fully saturated rings. The second-order valence-corrected chi connectivity index (χ2v) is 13.9. The second-order valence-electron chi connectivity index (χ2n) is 13.9. The van der Waals surface area contributed by atoms with Crippen molar-refractivity contribution in [3.8, 4) is 0 Å². The maximum Gasteiger partial charge on any atom is 0.145 e. The number of ketones is 1. The van der Waals surface area contributed by atoms with Gasteiger partial charge in [0, 0.05) is 11.8 Å². The van der Waals surface area contributed by atoms with E-state index in [1.54, 1.807) is 0 Å². The van der Waals surface area contributed by atoms with Crippen LogP contribution in [0.2, 0.25) is 0 Å². The Hall–Kier alpha value is -0.920. The van der Waals surface area contributed by atoms with Crippen molar-refractivity contribution in [2.75, 3.05) is 0 Å². The van der Waals surface area contributed by atoms with Crippen LogP contribution < -0.4 is 0 Å². The van der Waals surface area contributed by atoms with Crippen LogP contribution in [0, 0.1) is 50.7 Å². The first-order valence-electron chi connectivity index (χ1n) is 13.6. The van der Waals surface area contributed by atoms with Crippen LogP contribution in [-0.4, -0.2) is 12.1 Å². The topological polar surface area (TPSA) is 34.1 Å². The molecule has 0 bridgehead atoms. The molecular weight excluding hydrogens is 392 g/mol. The first kappa shape index (κ1) is 22.9.